The van der Waals surface area contributed by atoms with Gasteiger partial charge < -0.3 is 4.90 Å². The molecule has 18 heavy (non-hydrogen) atoms. The summed E-state index contributed by atoms with van der Waals surface area (Å²) >= 11 is 2.04. The molecule has 0 aromatic rings. The van der Waals surface area contributed by atoms with Crippen molar-refractivity contribution >= 4 is 17.7 Å². The van der Waals surface area contributed by atoms with E-state index in [4.69, 9.17) is 10.8 Å². The van der Waals surface area contributed by atoms with Crippen LogP contribution in [0.1, 0.15) is 46.0 Å². The molecule has 1 aliphatic heterocycles. The lowest BCUT2D eigenvalue weighted by molar-refractivity contribution is 0.318. The predicted molar refractivity (Wildman–Crippen MR) is 79.7 cm³/mol. The highest BCUT2D eigenvalue weighted by molar-refractivity contribution is 8.00. The number of aliphatic imine (C=N–C) groups is 1. The highest BCUT2D eigenvalue weighted by atomic mass is 32.2. The van der Waals surface area contributed by atoms with Crippen molar-refractivity contribution in [3.8, 4) is 0 Å². The zero-order valence-electron chi connectivity index (χ0n) is 11.6. The van der Waals surface area contributed by atoms with Crippen LogP contribution >= 0.6 is 11.8 Å². The maximum absolute atomic E-state index is 5.70. The van der Waals surface area contributed by atoms with E-state index in [0.717, 1.165) is 18.3 Å². The number of hydrogen-bond donors (Lipinski definition) is 2. The number of nitrogens with two attached hydrogens (primary N) is 1. The number of thioether (sulfide) groups is 1. The molecule has 1 saturated heterocycles. The molecule has 0 radical (unpaired) electrons. The van der Waals surface area contributed by atoms with Crippen LogP contribution in [0.4, 0.5) is 0 Å². The Morgan fingerprint density at radius 2 is 2.00 bits per heavy atom. The van der Waals surface area contributed by atoms with Gasteiger partial charge in [0.2, 0.25) is 5.96 Å². The predicted octanol–water partition coefficient (Wildman–Crippen LogP) is 1.96. The monoisotopic (exact) mass is 270 g/mol. The van der Waals surface area contributed by atoms with Gasteiger partial charge in [0, 0.05) is 23.6 Å². The van der Waals surface area contributed by atoms with E-state index in [1.165, 1.54) is 32.1 Å². The third-order valence-corrected chi connectivity index (χ3v) is 5.50. The number of hydrazine groups is 1. The molecule has 1 aliphatic carbocycles. The lowest BCUT2D eigenvalue weighted by Gasteiger charge is -2.39. The normalized spacial score (nSPS) is 31.5. The van der Waals surface area contributed by atoms with E-state index in [1.807, 2.05) is 11.8 Å². The topological polar surface area (TPSA) is 53.6 Å². The van der Waals surface area contributed by atoms with Gasteiger partial charge in [0.15, 0.2) is 0 Å². The molecule has 2 rings (SSSR count). The minimum Gasteiger partial charge on any atom is -0.337 e. The van der Waals surface area contributed by atoms with E-state index >= 15 is 0 Å². The molecule has 2 aliphatic rings. The largest absolute Gasteiger partial charge is 0.337 e. The first-order valence-corrected chi connectivity index (χ1v) is 8.20. The van der Waals surface area contributed by atoms with Crippen molar-refractivity contribution in [3.63, 3.8) is 0 Å². The van der Waals surface area contributed by atoms with E-state index in [2.05, 4.69) is 24.2 Å². The molecule has 0 aromatic heterocycles. The Bertz CT molecular complexity index is 289. The number of hydrogen-bond acceptors (Lipinski definition) is 3. The standard InChI is InChI=1S/C13H26N4S/c1-10-11(2)18-9-8-17(10)13(16-14)15-12-6-4-3-5-7-12/h10-12H,3-9,14H2,1-2H3,(H,15,16). The molecule has 3 N–H and O–H groups in total. The first kappa shape index (κ1) is 14.0. The van der Waals surface area contributed by atoms with Gasteiger partial charge in [-0.25, -0.2) is 10.8 Å². The van der Waals surface area contributed by atoms with Crippen molar-refractivity contribution in [1.82, 2.24) is 10.3 Å². The van der Waals surface area contributed by atoms with Gasteiger partial charge in [-0.3, -0.25) is 5.43 Å². The van der Waals surface area contributed by atoms with E-state index < -0.39 is 0 Å². The lowest BCUT2D eigenvalue weighted by Crippen LogP contribution is -2.54. The Hall–Kier alpha value is -0.420. The van der Waals surface area contributed by atoms with Crippen LogP contribution in [0, 0.1) is 0 Å². The Labute approximate surface area is 115 Å². The van der Waals surface area contributed by atoms with Crippen LogP contribution in [0.25, 0.3) is 0 Å². The van der Waals surface area contributed by atoms with Gasteiger partial charge in [-0.15, -0.1) is 0 Å². The van der Waals surface area contributed by atoms with Crippen molar-refractivity contribution in [3.05, 3.63) is 0 Å². The second-order valence-electron chi connectivity index (χ2n) is 5.40. The van der Waals surface area contributed by atoms with Crippen LogP contribution in [-0.4, -0.2) is 40.5 Å². The molecule has 0 spiro atoms. The van der Waals surface area contributed by atoms with Crippen LogP contribution in [0.3, 0.4) is 0 Å². The molecule has 2 atom stereocenters. The summed E-state index contributed by atoms with van der Waals surface area (Å²) in [4.78, 5) is 7.20. The zero-order chi connectivity index (χ0) is 13.0. The molecule has 104 valence electrons. The van der Waals surface area contributed by atoms with Crippen LogP contribution in [0.2, 0.25) is 0 Å². The maximum atomic E-state index is 5.70. The third-order valence-electron chi connectivity index (χ3n) is 4.16. The number of guanidine groups is 1. The van der Waals surface area contributed by atoms with Gasteiger partial charge in [0.1, 0.15) is 0 Å². The molecule has 0 amide bonds. The minimum atomic E-state index is 0.474. The number of nitrogens with one attached hydrogen (secondary N) is 1. The summed E-state index contributed by atoms with van der Waals surface area (Å²) in [5.41, 5.74) is 2.84. The summed E-state index contributed by atoms with van der Waals surface area (Å²) in [6.07, 6.45) is 6.43. The SMILES string of the molecule is CC1SCCN(C(=NC2CCCCC2)NN)C1C. The summed E-state index contributed by atoms with van der Waals surface area (Å²) < 4.78 is 0. The van der Waals surface area contributed by atoms with E-state index in [1.54, 1.807) is 0 Å². The lowest BCUT2D eigenvalue weighted by atomic mass is 9.96. The zero-order valence-corrected chi connectivity index (χ0v) is 12.4. The van der Waals surface area contributed by atoms with E-state index in [0.29, 0.717) is 17.3 Å². The Morgan fingerprint density at radius 1 is 1.28 bits per heavy atom. The van der Waals surface area contributed by atoms with E-state index in [9.17, 15) is 0 Å². The molecule has 1 saturated carbocycles. The van der Waals surface area contributed by atoms with Crippen LogP contribution in [-0.2, 0) is 0 Å². The van der Waals surface area contributed by atoms with Gasteiger partial charge in [-0.1, -0.05) is 26.2 Å². The van der Waals surface area contributed by atoms with Gasteiger partial charge in [-0.05, 0) is 19.8 Å². The highest BCUT2D eigenvalue weighted by Gasteiger charge is 2.28. The second kappa shape index (κ2) is 6.66. The molecular weight excluding hydrogens is 244 g/mol. The van der Waals surface area contributed by atoms with Crippen molar-refractivity contribution < 1.29 is 0 Å². The molecule has 0 bridgehead atoms. The fourth-order valence-electron chi connectivity index (χ4n) is 2.81. The molecule has 1 heterocycles. The van der Waals surface area contributed by atoms with Gasteiger partial charge in [-0.2, -0.15) is 11.8 Å². The van der Waals surface area contributed by atoms with Crippen LogP contribution < -0.4 is 11.3 Å². The Morgan fingerprint density at radius 3 is 2.67 bits per heavy atom. The molecule has 2 fully saturated rings. The first-order valence-electron chi connectivity index (χ1n) is 7.15. The van der Waals surface area contributed by atoms with Crippen molar-refractivity contribution in [2.24, 2.45) is 10.8 Å². The Kier molecular flexibility index (Phi) is 5.18. The molecule has 5 heteroatoms. The smallest absolute Gasteiger partial charge is 0.208 e. The molecule has 0 aromatic carbocycles. The molecule has 2 unspecified atom stereocenters. The third kappa shape index (κ3) is 3.32. The van der Waals surface area contributed by atoms with Crippen molar-refractivity contribution in [2.45, 2.75) is 63.3 Å². The van der Waals surface area contributed by atoms with E-state index in [-0.39, 0.29) is 0 Å². The summed E-state index contributed by atoms with van der Waals surface area (Å²) in [5, 5.41) is 0.642. The molecular formula is C13H26N4S. The fraction of sp³-hybridized carbons (Fsp3) is 0.923. The molecule has 4 nitrogen and oxygen atoms in total. The Balaban J connectivity index is 2.04. The quantitative estimate of drug-likeness (QED) is 0.331. The van der Waals surface area contributed by atoms with Gasteiger partial charge in [0.05, 0.1) is 6.04 Å². The highest BCUT2D eigenvalue weighted by Crippen LogP contribution is 2.25. The maximum Gasteiger partial charge on any atom is 0.208 e. The van der Waals surface area contributed by atoms with Crippen molar-refractivity contribution in [2.75, 3.05) is 12.3 Å². The van der Waals surface area contributed by atoms with Gasteiger partial charge in [0.25, 0.3) is 0 Å². The first-order chi connectivity index (χ1) is 8.72. The second-order valence-corrected chi connectivity index (χ2v) is 6.88. The summed E-state index contributed by atoms with van der Waals surface area (Å²) in [6, 6.07) is 0.976. The summed E-state index contributed by atoms with van der Waals surface area (Å²) in [5.74, 6) is 7.77. The van der Waals surface area contributed by atoms with Crippen LogP contribution in [0.5, 0.6) is 0 Å². The number of rotatable bonds is 1. The minimum absolute atomic E-state index is 0.474. The summed E-state index contributed by atoms with van der Waals surface area (Å²) in [7, 11) is 0. The van der Waals surface area contributed by atoms with Crippen molar-refractivity contribution in [1.29, 1.82) is 0 Å². The van der Waals surface area contributed by atoms with Crippen LogP contribution in [0.15, 0.2) is 4.99 Å². The fourth-order valence-corrected chi connectivity index (χ4v) is 3.91. The van der Waals surface area contributed by atoms with Gasteiger partial charge >= 0.3 is 0 Å². The number of nitrogens with zero attached hydrogens (tertiary/aromatic N) is 2. The average molecular weight is 270 g/mol. The summed E-state index contributed by atoms with van der Waals surface area (Å²) in [6.45, 7) is 5.60. The average Bonchev–Trinajstić information content (AvgIpc) is 2.41.